The van der Waals surface area contributed by atoms with E-state index in [1.807, 2.05) is 13.8 Å². The Morgan fingerprint density at radius 1 is 0.974 bits per heavy atom. The van der Waals surface area contributed by atoms with Crippen LogP contribution in [0.15, 0.2) is 47.1 Å². The number of fused-ring (bicyclic) bond motifs is 5. The van der Waals surface area contributed by atoms with Gasteiger partial charge in [-0.15, -0.1) is 0 Å². The number of ketones is 1. The molecule has 3 fully saturated rings. The SMILES string of the molecule is COC(=O)O[C@@H]1CC2=CC=C3[C@@H]4CC[C@H]([C@H](C)/C=C\C(=O)C=C(C)C)[C@@]4(C)CC[C@@H]3[C@@]2(C)[C@@H](OC(=O)OC)C1. The highest BCUT2D eigenvalue weighted by Crippen LogP contribution is 2.66. The molecule has 214 valence electrons. The molecule has 0 aliphatic heterocycles. The van der Waals surface area contributed by atoms with E-state index in [2.05, 4.69) is 39.0 Å². The minimum absolute atomic E-state index is 0.0502. The van der Waals surface area contributed by atoms with Crippen LogP contribution in [0.25, 0.3) is 0 Å². The molecule has 0 radical (unpaired) electrons. The summed E-state index contributed by atoms with van der Waals surface area (Å²) in [4.78, 5) is 36.5. The minimum Gasteiger partial charge on any atom is -0.438 e. The molecular formula is C32H44O7. The molecule has 0 unspecified atom stereocenters. The van der Waals surface area contributed by atoms with Crippen molar-refractivity contribution < 1.29 is 33.3 Å². The molecule has 0 heterocycles. The Labute approximate surface area is 232 Å². The maximum absolute atomic E-state index is 12.3. The number of carbonyl (C=O) groups excluding carboxylic acids is 3. The van der Waals surface area contributed by atoms with Crippen LogP contribution in [0.5, 0.6) is 0 Å². The lowest BCUT2D eigenvalue weighted by molar-refractivity contribution is -0.110. The lowest BCUT2D eigenvalue weighted by Gasteiger charge is -2.57. The smallest absolute Gasteiger partial charge is 0.438 e. The Morgan fingerprint density at radius 2 is 1.67 bits per heavy atom. The fourth-order valence-electron chi connectivity index (χ4n) is 8.23. The molecule has 0 bridgehead atoms. The molecule has 8 atom stereocenters. The number of carbonyl (C=O) groups is 3. The van der Waals surface area contributed by atoms with Crippen molar-refractivity contribution in [3.63, 3.8) is 0 Å². The molecule has 0 saturated heterocycles. The van der Waals surface area contributed by atoms with Crippen LogP contribution in [0.3, 0.4) is 0 Å². The Morgan fingerprint density at radius 3 is 2.33 bits per heavy atom. The zero-order valence-electron chi connectivity index (χ0n) is 24.5. The average Bonchev–Trinajstić information content (AvgIpc) is 3.24. The van der Waals surface area contributed by atoms with Crippen LogP contribution < -0.4 is 0 Å². The largest absolute Gasteiger partial charge is 0.508 e. The molecule has 0 N–H and O–H groups in total. The Balaban J connectivity index is 1.61. The van der Waals surface area contributed by atoms with E-state index < -0.39 is 29.9 Å². The first-order chi connectivity index (χ1) is 18.4. The van der Waals surface area contributed by atoms with Crippen molar-refractivity contribution in [1.82, 2.24) is 0 Å². The highest BCUT2D eigenvalue weighted by atomic mass is 16.7. The molecule has 3 saturated carbocycles. The van der Waals surface area contributed by atoms with E-state index in [0.29, 0.717) is 30.6 Å². The molecule has 0 aromatic heterocycles. The van der Waals surface area contributed by atoms with Crippen molar-refractivity contribution in [3.8, 4) is 0 Å². The summed E-state index contributed by atoms with van der Waals surface area (Å²) < 4.78 is 21.0. The molecular weight excluding hydrogens is 496 g/mol. The van der Waals surface area contributed by atoms with Crippen LogP contribution in [-0.2, 0) is 23.7 Å². The molecule has 7 nitrogen and oxygen atoms in total. The first kappa shape index (κ1) is 29.2. The van der Waals surface area contributed by atoms with Gasteiger partial charge in [-0.3, -0.25) is 4.79 Å². The van der Waals surface area contributed by atoms with Crippen LogP contribution in [0, 0.1) is 34.5 Å². The van der Waals surface area contributed by atoms with Crippen LogP contribution >= 0.6 is 0 Å². The Bertz CT molecular complexity index is 1110. The van der Waals surface area contributed by atoms with Crippen molar-refractivity contribution in [2.75, 3.05) is 14.2 Å². The van der Waals surface area contributed by atoms with Gasteiger partial charge in [0.2, 0.25) is 0 Å². The van der Waals surface area contributed by atoms with Gasteiger partial charge in [0.25, 0.3) is 0 Å². The molecule has 0 aromatic carbocycles. The van der Waals surface area contributed by atoms with Crippen LogP contribution in [0.1, 0.15) is 73.1 Å². The summed E-state index contributed by atoms with van der Waals surface area (Å²) in [5.74, 6) is 1.51. The zero-order valence-corrected chi connectivity index (χ0v) is 24.5. The molecule has 7 heteroatoms. The quantitative estimate of drug-likeness (QED) is 0.262. The summed E-state index contributed by atoms with van der Waals surface area (Å²) in [6, 6.07) is 0. The van der Waals surface area contributed by atoms with Gasteiger partial charge in [-0.05, 0) is 80.8 Å². The van der Waals surface area contributed by atoms with Crippen molar-refractivity contribution in [2.45, 2.75) is 85.4 Å². The molecule has 0 amide bonds. The third kappa shape index (κ3) is 5.46. The van der Waals surface area contributed by atoms with Gasteiger partial charge in [0, 0.05) is 18.3 Å². The van der Waals surface area contributed by atoms with E-state index in [9.17, 15) is 14.4 Å². The van der Waals surface area contributed by atoms with Crippen molar-refractivity contribution >= 4 is 18.1 Å². The summed E-state index contributed by atoms with van der Waals surface area (Å²) in [7, 11) is 2.60. The molecule has 0 spiro atoms. The van der Waals surface area contributed by atoms with E-state index >= 15 is 0 Å². The van der Waals surface area contributed by atoms with Crippen LogP contribution in [0.4, 0.5) is 9.59 Å². The van der Waals surface area contributed by atoms with E-state index in [-0.39, 0.29) is 17.1 Å². The van der Waals surface area contributed by atoms with Crippen molar-refractivity contribution in [3.05, 3.63) is 47.1 Å². The second-order valence-electron chi connectivity index (χ2n) is 12.5. The molecule has 0 aromatic rings. The highest BCUT2D eigenvalue weighted by molar-refractivity contribution is 5.99. The lowest BCUT2D eigenvalue weighted by Crippen LogP contribution is -2.54. The van der Waals surface area contributed by atoms with Gasteiger partial charge >= 0.3 is 12.3 Å². The maximum Gasteiger partial charge on any atom is 0.508 e. The van der Waals surface area contributed by atoms with E-state index in [1.165, 1.54) is 19.8 Å². The standard InChI is InChI=1S/C32H44O7/c1-19(2)16-22(33)10-8-20(3)25-12-13-26-24-11-9-21-17-23(38-29(34)36-6)18-28(39-30(35)37-7)32(21,5)27(24)14-15-31(25,26)4/h8-11,16,20,23,25-28H,12-15,17-18H2,1-7H3/b10-8-/t20-,23-,25-,26+,27+,28+,31-,32+/m1/s1. The number of allylic oxidation sites excluding steroid dienone is 7. The fourth-order valence-corrected chi connectivity index (χ4v) is 8.23. The first-order valence-electron chi connectivity index (χ1n) is 14.2. The van der Waals surface area contributed by atoms with Gasteiger partial charge in [-0.25, -0.2) is 9.59 Å². The second-order valence-corrected chi connectivity index (χ2v) is 12.5. The van der Waals surface area contributed by atoms with Gasteiger partial charge in [0.1, 0.15) is 12.2 Å². The predicted molar refractivity (Wildman–Crippen MR) is 148 cm³/mol. The summed E-state index contributed by atoms with van der Waals surface area (Å²) in [6.45, 7) is 10.8. The fraction of sp³-hybridized carbons (Fsp3) is 0.656. The molecule has 39 heavy (non-hydrogen) atoms. The third-order valence-corrected chi connectivity index (χ3v) is 10.1. The molecule has 4 aliphatic rings. The number of hydrogen-bond donors (Lipinski definition) is 0. The van der Waals surface area contributed by atoms with Crippen molar-refractivity contribution in [2.24, 2.45) is 34.5 Å². The van der Waals surface area contributed by atoms with E-state index in [1.54, 1.807) is 12.2 Å². The number of ether oxygens (including phenoxy) is 4. The van der Waals surface area contributed by atoms with E-state index in [0.717, 1.165) is 36.8 Å². The van der Waals surface area contributed by atoms with Gasteiger partial charge in [-0.1, -0.05) is 55.7 Å². The summed E-state index contributed by atoms with van der Waals surface area (Å²) in [5, 5.41) is 0. The van der Waals surface area contributed by atoms with Crippen LogP contribution in [0.2, 0.25) is 0 Å². The lowest BCUT2D eigenvalue weighted by atomic mass is 9.49. The monoisotopic (exact) mass is 540 g/mol. The maximum atomic E-state index is 12.3. The number of methoxy groups -OCH3 is 2. The average molecular weight is 541 g/mol. The Kier molecular flexibility index (Phi) is 8.48. The Hall–Kier alpha value is -2.83. The second kappa shape index (κ2) is 11.3. The summed E-state index contributed by atoms with van der Waals surface area (Å²) in [5.41, 5.74) is 3.32. The highest BCUT2D eigenvalue weighted by Gasteiger charge is 2.60. The molecule has 4 aliphatic carbocycles. The predicted octanol–water partition coefficient (Wildman–Crippen LogP) is 7.13. The van der Waals surface area contributed by atoms with Gasteiger partial charge < -0.3 is 18.9 Å². The zero-order chi connectivity index (χ0) is 28.5. The number of hydrogen-bond acceptors (Lipinski definition) is 7. The summed E-state index contributed by atoms with van der Waals surface area (Å²) in [6.07, 6.45) is 12.9. The first-order valence-corrected chi connectivity index (χ1v) is 14.2. The van der Waals surface area contributed by atoms with Crippen molar-refractivity contribution in [1.29, 1.82) is 0 Å². The third-order valence-electron chi connectivity index (χ3n) is 10.1. The molecule has 4 rings (SSSR count). The van der Waals surface area contributed by atoms with Crippen LogP contribution in [-0.4, -0.2) is 44.5 Å². The van der Waals surface area contributed by atoms with Gasteiger partial charge in [-0.2, -0.15) is 0 Å². The summed E-state index contributed by atoms with van der Waals surface area (Å²) >= 11 is 0. The topological polar surface area (TPSA) is 88.1 Å². The van der Waals surface area contributed by atoms with Gasteiger partial charge in [0.05, 0.1) is 14.2 Å². The van der Waals surface area contributed by atoms with Gasteiger partial charge in [0.15, 0.2) is 5.78 Å². The normalized spacial score (nSPS) is 35.8. The minimum atomic E-state index is -0.732. The number of rotatable bonds is 6. The van der Waals surface area contributed by atoms with E-state index in [4.69, 9.17) is 18.9 Å².